The third kappa shape index (κ3) is 3.60. The molecule has 0 spiro atoms. The van der Waals surface area contributed by atoms with Crippen molar-refractivity contribution in [1.29, 1.82) is 0 Å². The van der Waals surface area contributed by atoms with Gasteiger partial charge in [-0.2, -0.15) is 0 Å². The van der Waals surface area contributed by atoms with E-state index in [1.54, 1.807) is 13.2 Å². The number of rotatable bonds is 6. The maximum absolute atomic E-state index is 10.2. The van der Waals surface area contributed by atoms with Gasteiger partial charge < -0.3 is 19.5 Å². The number of nitrogens with zero attached hydrogens (tertiary/aromatic N) is 1. The number of para-hydroxylation sites is 1. The number of hydrogen-bond acceptors (Lipinski definition) is 4. The normalized spacial score (nSPS) is 10.2. The molecule has 0 aliphatic rings. The van der Waals surface area contributed by atoms with Crippen LogP contribution in [-0.2, 0) is 6.54 Å². The highest BCUT2D eigenvalue weighted by molar-refractivity contribution is 5.53. The zero-order valence-corrected chi connectivity index (χ0v) is 12.7. The van der Waals surface area contributed by atoms with Gasteiger partial charge in [-0.15, -0.1) is 0 Å². The quantitative estimate of drug-likeness (QED) is 0.883. The Morgan fingerprint density at radius 1 is 1.14 bits per heavy atom. The van der Waals surface area contributed by atoms with Gasteiger partial charge in [0.25, 0.3) is 0 Å². The Labute approximate surface area is 125 Å². The predicted molar refractivity (Wildman–Crippen MR) is 84.4 cm³/mol. The first-order valence-electron chi connectivity index (χ1n) is 6.94. The van der Waals surface area contributed by atoms with Crippen LogP contribution in [0.1, 0.15) is 12.5 Å². The summed E-state index contributed by atoms with van der Waals surface area (Å²) in [5, 5.41) is 10.2. The first-order valence-corrected chi connectivity index (χ1v) is 6.94. The molecule has 0 fully saturated rings. The lowest BCUT2D eigenvalue weighted by molar-refractivity contribution is 0.316. The Balaban J connectivity index is 2.19. The molecule has 0 saturated carbocycles. The Hall–Kier alpha value is -2.36. The number of benzene rings is 2. The van der Waals surface area contributed by atoms with E-state index in [4.69, 9.17) is 9.47 Å². The standard InChI is InChI=1S/C17H21NO3/c1-4-21-16-10-5-7-13(17(16)19)12-18(2)14-8-6-9-15(11-14)20-3/h5-11,19H,4,12H2,1-3H3. The van der Waals surface area contributed by atoms with Crippen molar-refractivity contribution in [3.05, 3.63) is 48.0 Å². The third-order valence-corrected chi connectivity index (χ3v) is 3.28. The van der Waals surface area contributed by atoms with Gasteiger partial charge in [-0.1, -0.05) is 18.2 Å². The summed E-state index contributed by atoms with van der Waals surface area (Å²) in [4.78, 5) is 2.05. The van der Waals surface area contributed by atoms with Crippen LogP contribution in [0.3, 0.4) is 0 Å². The first-order chi connectivity index (χ1) is 10.2. The maximum atomic E-state index is 10.2. The predicted octanol–water partition coefficient (Wildman–Crippen LogP) is 3.44. The van der Waals surface area contributed by atoms with Gasteiger partial charge >= 0.3 is 0 Å². The summed E-state index contributed by atoms with van der Waals surface area (Å²) in [7, 11) is 3.62. The Morgan fingerprint density at radius 2 is 1.90 bits per heavy atom. The lowest BCUT2D eigenvalue weighted by Gasteiger charge is -2.21. The van der Waals surface area contributed by atoms with Gasteiger partial charge in [0.15, 0.2) is 11.5 Å². The first kappa shape index (κ1) is 15.0. The van der Waals surface area contributed by atoms with Gasteiger partial charge in [-0.3, -0.25) is 0 Å². The number of ether oxygens (including phenoxy) is 2. The van der Waals surface area contributed by atoms with Crippen molar-refractivity contribution in [3.8, 4) is 17.2 Å². The van der Waals surface area contributed by atoms with Crippen molar-refractivity contribution in [3.63, 3.8) is 0 Å². The van der Waals surface area contributed by atoms with Gasteiger partial charge in [0.2, 0.25) is 0 Å². The highest BCUT2D eigenvalue weighted by Crippen LogP contribution is 2.31. The van der Waals surface area contributed by atoms with Crippen LogP contribution in [0.5, 0.6) is 17.2 Å². The van der Waals surface area contributed by atoms with E-state index in [2.05, 4.69) is 0 Å². The van der Waals surface area contributed by atoms with E-state index in [1.807, 2.05) is 55.3 Å². The molecule has 4 heteroatoms. The van der Waals surface area contributed by atoms with Crippen LogP contribution in [0, 0.1) is 0 Å². The zero-order valence-electron chi connectivity index (χ0n) is 12.7. The van der Waals surface area contributed by atoms with Crippen LogP contribution in [0.2, 0.25) is 0 Å². The summed E-state index contributed by atoms with van der Waals surface area (Å²) >= 11 is 0. The topological polar surface area (TPSA) is 41.9 Å². The van der Waals surface area contributed by atoms with E-state index < -0.39 is 0 Å². The van der Waals surface area contributed by atoms with Crippen LogP contribution in [0.4, 0.5) is 5.69 Å². The second-order valence-corrected chi connectivity index (χ2v) is 4.75. The molecule has 1 N–H and O–H groups in total. The molecule has 2 aromatic rings. The minimum atomic E-state index is 0.203. The largest absolute Gasteiger partial charge is 0.504 e. The average molecular weight is 287 g/mol. The fraction of sp³-hybridized carbons (Fsp3) is 0.294. The van der Waals surface area contributed by atoms with Gasteiger partial charge in [-0.05, 0) is 25.1 Å². The lowest BCUT2D eigenvalue weighted by atomic mass is 10.1. The molecule has 2 aromatic carbocycles. The van der Waals surface area contributed by atoms with Crippen molar-refractivity contribution in [2.45, 2.75) is 13.5 Å². The van der Waals surface area contributed by atoms with Crippen molar-refractivity contribution >= 4 is 5.69 Å². The van der Waals surface area contributed by atoms with Crippen LogP contribution in [0.15, 0.2) is 42.5 Å². The number of aromatic hydroxyl groups is 1. The van der Waals surface area contributed by atoms with Gasteiger partial charge in [-0.25, -0.2) is 0 Å². The van der Waals surface area contributed by atoms with Crippen molar-refractivity contribution in [2.75, 3.05) is 25.7 Å². The Bertz CT molecular complexity index is 598. The van der Waals surface area contributed by atoms with E-state index in [0.29, 0.717) is 18.9 Å². The monoisotopic (exact) mass is 287 g/mol. The average Bonchev–Trinajstić information content (AvgIpc) is 2.51. The molecule has 2 rings (SSSR count). The third-order valence-electron chi connectivity index (χ3n) is 3.28. The van der Waals surface area contributed by atoms with Crippen molar-refractivity contribution in [1.82, 2.24) is 0 Å². The Kier molecular flexibility index (Phi) is 4.93. The summed E-state index contributed by atoms with van der Waals surface area (Å²) in [5.74, 6) is 1.54. The minimum absolute atomic E-state index is 0.203. The lowest BCUT2D eigenvalue weighted by Crippen LogP contribution is -2.16. The molecular formula is C17H21NO3. The van der Waals surface area contributed by atoms with E-state index in [-0.39, 0.29) is 5.75 Å². The molecule has 0 amide bonds. The van der Waals surface area contributed by atoms with E-state index >= 15 is 0 Å². The minimum Gasteiger partial charge on any atom is -0.504 e. The highest BCUT2D eigenvalue weighted by Gasteiger charge is 2.11. The number of phenolic OH excluding ortho intramolecular Hbond substituents is 1. The van der Waals surface area contributed by atoms with Crippen LogP contribution < -0.4 is 14.4 Å². The molecule has 0 radical (unpaired) electrons. The van der Waals surface area contributed by atoms with E-state index in [9.17, 15) is 5.11 Å². The molecule has 112 valence electrons. The van der Waals surface area contributed by atoms with Gasteiger partial charge in [0, 0.05) is 30.9 Å². The molecule has 0 saturated heterocycles. The fourth-order valence-corrected chi connectivity index (χ4v) is 2.16. The second-order valence-electron chi connectivity index (χ2n) is 4.75. The smallest absolute Gasteiger partial charge is 0.162 e. The molecule has 0 aromatic heterocycles. The van der Waals surface area contributed by atoms with Crippen molar-refractivity contribution in [2.24, 2.45) is 0 Å². The number of methoxy groups -OCH3 is 1. The van der Waals surface area contributed by atoms with E-state index in [1.165, 1.54) is 0 Å². The highest BCUT2D eigenvalue weighted by atomic mass is 16.5. The molecule has 4 nitrogen and oxygen atoms in total. The summed E-state index contributed by atoms with van der Waals surface area (Å²) < 4.78 is 10.6. The van der Waals surface area contributed by atoms with Crippen LogP contribution in [-0.4, -0.2) is 25.9 Å². The molecule has 21 heavy (non-hydrogen) atoms. The zero-order chi connectivity index (χ0) is 15.2. The molecule has 0 unspecified atom stereocenters. The molecule has 0 bridgehead atoms. The number of hydrogen-bond donors (Lipinski definition) is 1. The SMILES string of the molecule is CCOc1cccc(CN(C)c2cccc(OC)c2)c1O. The number of phenols is 1. The molecule has 0 aliphatic heterocycles. The number of anilines is 1. The maximum Gasteiger partial charge on any atom is 0.162 e. The Morgan fingerprint density at radius 3 is 2.62 bits per heavy atom. The molecule has 0 aliphatic carbocycles. The fourth-order valence-electron chi connectivity index (χ4n) is 2.16. The van der Waals surface area contributed by atoms with Gasteiger partial charge in [0.05, 0.1) is 13.7 Å². The molecule has 0 atom stereocenters. The summed E-state index contributed by atoms with van der Waals surface area (Å²) in [6.45, 7) is 3.01. The summed E-state index contributed by atoms with van der Waals surface area (Å²) in [6.07, 6.45) is 0. The van der Waals surface area contributed by atoms with Crippen LogP contribution >= 0.6 is 0 Å². The van der Waals surface area contributed by atoms with Crippen molar-refractivity contribution < 1.29 is 14.6 Å². The van der Waals surface area contributed by atoms with E-state index in [0.717, 1.165) is 17.0 Å². The van der Waals surface area contributed by atoms with Crippen LogP contribution in [0.25, 0.3) is 0 Å². The summed E-state index contributed by atoms with van der Waals surface area (Å²) in [6, 6.07) is 13.4. The second kappa shape index (κ2) is 6.88. The molecule has 0 heterocycles. The molecular weight excluding hydrogens is 266 g/mol. The summed E-state index contributed by atoms with van der Waals surface area (Å²) in [5.41, 5.74) is 1.85. The van der Waals surface area contributed by atoms with Gasteiger partial charge in [0.1, 0.15) is 5.75 Å².